The number of rotatable bonds is 9. The maximum atomic E-state index is 12.6. The fourth-order valence-corrected chi connectivity index (χ4v) is 4.53. The summed E-state index contributed by atoms with van der Waals surface area (Å²) in [4.78, 5) is 36.7. The number of ether oxygens (including phenoxy) is 2. The van der Waals surface area contributed by atoms with Gasteiger partial charge in [0.1, 0.15) is 42.5 Å². The average molecular weight is 519 g/mol. The van der Waals surface area contributed by atoms with Crippen LogP contribution in [0, 0.1) is 6.92 Å². The van der Waals surface area contributed by atoms with Crippen molar-refractivity contribution in [1.82, 2.24) is 19.5 Å². The lowest BCUT2D eigenvalue weighted by molar-refractivity contribution is -0.0474. The Hall–Kier alpha value is -4.19. The van der Waals surface area contributed by atoms with Gasteiger partial charge in [0.25, 0.3) is 0 Å². The first-order valence-corrected chi connectivity index (χ1v) is 12.1. The summed E-state index contributed by atoms with van der Waals surface area (Å²) in [5, 5.41) is 30.6. The van der Waals surface area contributed by atoms with E-state index in [1.165, 1.54) is 24.8 Å². The molecule has 3 heterocycles. The van der Waals surface area contributed by atoms with Crippen molar-refractivity contribution in [3.05, 3.63) is 83.6 Å². The number of carboxylic acid groups (broad SMARTS) is 1. The number of aromatic carboxylic acids is 1. The van der Waals surface area contributed by atoms with Crippen LogP contribution < -0.4 is 4.74 Å². The van der Waals surface area contributed by atoms with Crippen molar-refractivity contribution in [3.8, 4) is 5.75 Å². The van der Waals surface area contributed by atoms with Crippen molar-refractivity contribution in [1.29, 1.82) is 0 Å². The molecule has 1 aliphatic rings. The van der Waals surface area contributed by atoms with Crippen molar-refractivity contribution in [2.75, 3.05) is 6.61 Å². The molecule has 11 heteroatoms. The number of aliphatic hydroxyl groups is 2. The lowest BCUT2D eigenvalue weighted by atomic mass is 9.98. The molecular formula is C27H26N4O7. The number of imidazole rings is 1. The van der Waals surface area contributed by atoms with Crippen molar-refractivity contribution < 1.29 is 34.4 Å². The zero-order valence-corrected chi connectivity index (χ0v) is 20.5. The number of aryl methyl sites for hydroxylation is 2. The molecule has 1 saturated heterocycles. The van der Waals surface area contributed by atoms with Gasteiger partial charge in [0.05, 0.1) is 17.6 Å². The Morgan fingerprint density at radius 1 is 1.03 bits per heavy atom. The summed E-state index contributed by atoms with van der Waals surface area (Å²) in [7, 11) is 0. The molecule has 4 atom stereocenters. The SMILES string of the molecule is Cc1ncnc2c1ncn2[C@@H]1O[C@H](COc2cccc(CCC(=O)c3ccccc3C(=O)O)c2)[C@@H](O)[C@H]1O. The second-order valence-electron chi connectivity index (χ2n) is 9.06. The highest BCUT2D eigenvalue weighted by atomic mass is 16.6. The van der Waals surface area contributed by atoms with Crippen molar-refractivity contribution in [2.24, 2.45) is 0 Å². The number of aromatic nitrogens is 4. The van der Waals surface area contributed by atoms with Gasteiger partial charge in [-0.15, -0.1) is 0 Å². The molecule has 3 N–H and O–H groups in total. The molecule has 4 aromatic rings. The Kier molecular flexibility index (Phi) is 7.14. The van der Waals surface area contributed by atoms with E-state index in [4.69, 9.17) is 9.47 Å². The third-order valence-corrected chi connectivity index (χ3v) is 6.56. The lowest BCUT2D eigenvalue weighted by Crippen LogP contribution is -2.34. The normalized spacial score (nSPS) is 21.0. The third kappa shape index (κ3) is 4.99. The first kappa shape index (κ1) is 25.5. The molecule has 0 amide bonds. The van der Waals surface area contributed by atoms with Crippen LogP contribution in [0.25, 0.3) is 11.2 Å². The van der Waals surface area contributed by atoms with Crippen LogP contribution >= 0.6 is 0 Å². The standard InChI is InChI=1S/C27H26N4O7/c1-15-22-25(29-13-28-15)31(14-30-22)26-24(34)23(33)21(38-26)12-37-17-6-4-5-16(11-17)9-10-20(32)18-7-2-3-8-19(18)27(35)36/h2-8,11,13-14,21,23-24,26,33-34H,9-10,12H2,1H3,(H,35,36)/t21-,23-,24-,26-/m1/s1. The van der Waals surface area contributed by atoms with Crippen molar-refractivity contribution in [2.45, 2.75) is 44.3 Å². The molecular weight excluding hydrogens is 492 g/mol. The van der Waals surface area contributed by atoms with E-state index < -0.39 is 30.5 Å². The molecule has 2 aromatic carbocycles. The van der Waals surface area contributed by atoms with Crippen LogP contribution in [0.4, 0.5) is 0 Å². The van der Waals surface area contributed by atoms with E-state index in [0.29, 0.717) is 29.0 Å². The monoisotopic (exact) mass is 518 g/mol. The minimum Gasteiger partial charge on any atom is -0.491 e. The number of carbonyl (C=O) groups is 2. The number of carbonyl (C=O) groups excluding carboxylic acids is 1. The summed E-state index contributed by atoms with van der Waals surface area (Å²) >= 11 is 0. The number of ketones is 1. The van der Waals surface area contributed by atoms with Gasteiger partial charge in [-0.3, -0.25) is 9.36 Å². The summed E-state index contributed by atoms with van der Waals surface area (Å²) in [5.41, 5.74) is 2.75. The van der Waals surface area contributed by atoms with Crippen LogP contribution in [-0.4, -0.2) is 71.5 Å². The number of aliphatic hydroxyl groups excluding tert-OH is 2. The van der Waals surface area contributed by atoms with Gasteiger partial charge >= 0.3 is 5.97 Å². The topological polar surface area (TPSA) is 157 Å². The number of fused-ring (bicyclic) bond motifs is 1. The molecule has 2 aromatic heterocycles. The molecule has 5 rings (SSSR count). The number of Topliss-reactive ketones (excluding diaryl/α,β-unsaturated/α-hetero) is 1. The van der Waals surface area contributed by atoms with Gasteiger partial charge in [0.2, 0.25) is 0 Å². The molecule has 196 valence electrons. The highest BCUT2D eigenvalue weighted by Crippen LogP contribution is 2.32. The molecule has 1 aliphatic heterocycles. The van der Waals surface area contributed by atoms with Gasteiger partial charge in [0, 0.05) is 12.0 Å². The summed E-state index contributed by atoms with van der Waals surface area (Å²) in [6.45, 7) is 1.78. The molecule has 0 spiro atoms. The number of nitrogens with zero attached hydrogens (tertiary/aromatic N) is 4. The predicted molar refractivity (Wildman–Crippen MR) is 134 cm³/mol. The molecule has 1 fully saturated rings. The number of benzene rings is 2. The fraction of sp³-hybridized carbons (Fsp3) is 0.296. The van der Waals surface area contributed by atoms with E-state index in [9.17, 15) is 24.9 Å². The Morgan fingerprint density at radius 2 is 1.82 bits per heavy atom. The van der Waals surface area contributed by atoms with Gasteiger partial charge in [-0.25, -0.2) is 19.7 Å². The van der Waals surface area contributed by atoms with E-state index in [2.05, 4.69) is 15.0 Å². The Bertz CT molecular complexity index is 1490. The largest absolute Gasteiger partial charge is 0.491 e. The number of hydrogen-bond acceptors (Lipinski definition) is 9. The van der Waals surface area contributed by atoms with Gasteiger partial charge < -0.3 is 24.8 Å². The van der Waals surface area contributed by atoms with Crippen LogP contribution in [0.1, 0.15) is 44.6 Å². The molecule has 0 radical (unpaired) electrons. The van der Waals surface area contributed by atoms with E-state index in [1.807, 2.05) is 6.07 Å². The van der Waals surface area contributed by atoms with E-state index >= 15 is 0 Å². The third-order valence-electron chi connectivity index (χ3n) is 6.56. The van der Waals surface area contributed by atoms with Crippen LogP contribution in [0.2, 0.25) is 0 Å². The second kappa shape index (κ2) is 10.7. The summed E-state index contributed by atoms with van der Waals surface area (Å²) in [5.74, 6) is -0.895. The highest BCUT2D eigenvalue weighted by Gasteiger charge is 2.44. The molecule has 0 saturated carbocycles. The maximum Gasteiger partial charge on any atom is 0.336 e. The smallest absolute Gasteiger partial charge is 0.336 e. The average Bonchev–Trinajstić information content (AvgIpc) is 3.48. The van der Waals surface area contributed by atoms with Crippen LogP contribution in [0.3, 0.4) is 0 Å². The van der Waals surface area contributed by atoms with Crippen LogP contribution in [0.15, 0.2) is 61.2 Å². The minimum absolute atomic E-state index is 0.0172. The zero-order valence-electron chi connectivity index (χ0n) is 20.5. The van der Waals surface area contributed by atoms with Crippen molar-refractivity contribution in [3.63, 3.8) is 0 Å². The minimum atomic E-state index is -1.22. The summed E-state index contributed by atoms with van der Waals surface area (Å²) < 4.78 is 13.4. The van der Waals surface area contributed by atoms with E-state index in [0.717, 1.165) is 5.56 Å². The van der Waals surface area contributed by atoms with E-state index in [-0.39, 0.29) is 29.9 Å². The first-order valence-electron chi connectivity index (χ1n) is 12.1. The second-order valence-corrected chi connectivity index (χ2v) is 9.06. The number of carboxylic acids is 1. The zero-order chi connectivity index (χ0) is 26.8. The van der Waals surface area contributed by atoms with Gasteiger partial charge in [-0.1, -0.05) is 30.3 Å². The fourth-order valence-electron chi connectivity index (χ4n) is 4.53. The van der Waals surface area contributed by atoms with Gasteiger partial charge in [-0.05, 0) is 37.1 Å². The van der Waals surface area contributed by atoms with Gasteiger partial charge in [0.15, 0.2) is 17.7 Å². The quantitative estimate of drug-likeness (QED) is 0.281. The molecule has 38 heavy (non-hydrogen) atoms. The molecule has 0 bridgehead atoms. The summed E-state index contributed by atoms with van der Waals surface area (Å²) in [6, 6.07) is 13.3. The van der Waals surface area contributed by atoms with Gasteiger partial charge in [-0.2, -0.15) is 0 Å². The molecule has 0 aliphatic carbocycles. The van der Waals surface area contributed by atoms with Crippen LogP contribution in [0.5, 0.6) is 5.75 Å². The summed E-state index contributed by atoms with van der Waals surface area (Å²) in [6.07, 6.45) is -0.707. The maximum absolute atomic E-state index is 12.6. The molecule has 0 unspecified atom stereocenters. The van der Waals surface area contributed by atoms with Crippen LogP contribution in [-0.2, 0) is 11.2 Å². The first-order chi connectivity index (χ1) is 18.3. The lowest BCUT2D eigenvalue weighted by Gasteiger charge is -2.16. The Morgan fingerprint density at radius 3 is 2.61 bits per heavy atom. The Labute approximate surface area is 217 Å². The highest BCUT2D eigenvalue weighted by molar-refractivity contribution is 6.05. The van der Waals surface area contributed by atoms with Crippen molar-refractivity contribution >= 4 is 22.9 Å². The van der Waals surface area contributed by atoms with E-state index in [1.54, 1.807) is 41.8 Å². The number of hydrogen-bond donors (Lipinski definition) is 3. The predicted octanol–water partition coefficient (Wildman–Crippen LogP) is 2.35. The Balaban J connectivity index is 1.21. The molecule has 11 nitrogen and oxygen atoms in total.